The molecule has 0 fully saturated rings. The molecule has 0 spiro atoms. The van der Waals surface area contributed by atoms with Crippen LogP contribution in [0.5, 0.6) is 5.75 Å². The number of amides is 1. The van der Waals surface area contributed by atoms with Crippen molar-refractivity contribution in [1.29, 1.82) is 0 Å². The second-order valence-electron chi connectivity index (χ2n) is 6.86. The molecule has 0 atom stereocenters. The van der Waals surface area contributed by atoms with E-state index >= 15 is 0 Å². The van der Waals surface area contributed by atoms with E-state index < -0.39 is 21.7 Å². The van der Waals surface area contributed by atoms with E-state index in [9.17, 15) is 13.2 Å². The number of para-hydroxylation sites is 1. The number of ether oxygens (including phenoxy) is 1. The van der Waals surface area contributed by atoms with E-state index in [1.807, 2.05) is 22.9 Å². The van der Waals surface area contributed by atoms with Crippen molar-refractivity contribution < 1.29 is 22.5 Å². The maximum atomic E-state index is 12.3. The molecule has 0 unspecified atom stereocenters. The molecule has 32 heavy (non-hydrogen) atoms. The van der Waals surface area contributed by atoms with Gasteiger partial charge in [0.1, 0.15) is 23.8 Å². The monoisotopic (exact) mass is 449 g/mol. The van der Waals surface area contributed by atoms with Crippen molar-refractivity contribution in [3.8, 4) is 5.75 Å². The molecule has 1 amide bonds. The zero-order valence-electron chi connectivity index (χ0n) is 16.8. The summed E-state index contributed by atoms with van der Waals surface area (Å²) >= 11 is 0. The molecule has 0 aliphatic heterocycles. The zero-order chi connectivity index (χ0) is 22.4. The van der Waals surface area contributed by atoms with Crippen LogP contribution in [-0.4, -0.2) is 24.5 Å². The van der Waals surface area contributed by atoms with Crippen LogP contribution in [0.1, 0.15) is 17.0 Å². The maximum absolute atomic E-state index is 12.3. The van der Waals surface area contributed by atoms with Gasteiger partial charge in [-0.1, -0.05) is 35.5 Å². The van der Waals surface area contributed by atoms with Crippen LogP contribution in [-0.2, 0) is 27.2 Å². The minimum Gasteiger partial charge on any atom is -0.487 e. The lowest BCUT2D eigenvalue weighted by Crippen LogP contribution is -2.30. The summed E-state index contributed by atoms with van der Waals surface area (Å²) in [5, 5.41) is 4.37. The fourth-order valence-corrected chi connectivity index (χ4v) is 3.95. The summed E-state index contributed by atoms with van der Waals surface area (Å²) in [4.78, 5) is 16.3. The van der Waals surface area contributed by atoms with Crippen LogP contribution in [0.3, 0.4) is 0 Å². The van der Waals surface area contributed by atoms with Gasteiger partial charge in [-0.25, -0.2) is 13.1 Å². The molecule has 1 N–H and O–H groups in total. The van der Waals surface area contributed by atoms with E-state index in [4.69, 9.17) is 9.26 Å². The van der Waals surface area contributed by atoms with Gasteiger partial charge in [-0.2, -0.15) is 0 Å². The van der Waals surface area contributed by atoms with Crippen molar-refractivity contribution >= 4 is 33.0 Å². The molecular weight excluding hydrogens is 430 g/mol. The summed E-state index contributed by atoms with van der Waals surface area (Å²) in [6, 6.07) is 19.5. The Hall–Kier alpha value is -3.98. The van der Waals surface area contributed by atoms with Crippen molar-refractivity contribution in [3.63, 3.8) is 0 Å². The topological polar surface area (TPSA) is 111 Å². The van der Waals surface area contributed by atoms with Crippen LogP contribution >= 0.6 is 0 Å². The Labute approximate surface area is 184 Å². The molecule has 4 rings (SSSR count). The lowest BCUT2D eigenvalue weighted by molar-refractivity contribution is -0.114. The van der Waals surface area contributed by atoms with Crippen LogP contribution in [0.2, 0.25) is 0 Å². The van der Waals surface area contributed by atoms with Crippen molar-refractivity contribution in [2.45, 2.75) is 12.4 Å². The fraction of sp³-hybridized carbons (Fsp3) is 0.0870. The van der Waals surface area contributed by atoms with Gasteiger partial charge >= 0.3 is 0 Å². The highest BCUT2D eigenvalue weighted by molar-refractivity contribution is 7.89. The number of nitrogens with zero attached hydrogens (tertiary/aromatic N) is 2. The number of hydrogen-bond acceptors (Lipinski definition) is 7. The van der Waals surface area contributed by atoms with Gasteiger partial charge in [0.25, 0.3) is 5.91 Å². The second kappa shape index (κ2) is 9.44. The third kappa shape index (κ3) is 5.58. The van der Waals surface area contributed by atoms with Crippen LogP contribution in [0, 0.1) is 0 Å². The fourth-order valence-electron chi connectivity index (χ4n) is 2.93. The molecule has 2 aromatic heterocycles. The molecule has 0 saturated heterocycles. The summed E-state index contributed by atoms with van der Waals surface area (Å²) < 4.78 is 37.4. The van der Waals surface area contributed by atoms with Crippen molar-refractivity contribution in [2.75, 3.05) is 0 Å². The van der Waals surface area contributed by atoms with E-state index in [1.54, 1.807) is 54.7 Å². The number of benzene rings is 2. The van der Waals surface area contributed by atoms with Crippen molar-refractivity contribution in [2.24, 2.45) is 0 Å². The van der Waals surface area contributed by atoms with Crippen LogP contribution in [0.25, 0.3) is 17.0 Å². The van der Waals surface area contributed by atoms with Gasteiger partial charge in [0.15, 0.2) is 5.58 Å². The quantitative estimate of drug-likeness (QED) is 0.410. The van der Waals surface area contributed by atoms with Gasteiger partial charge in [-0.3, -0.25) is 9.78 Å². The molecule has 0 aliphatic rings. The Bertz CT molecular complexity index is 1350. The van der Waals surface area contributed by atoms with E-state index in [2.05, 4.69) is 10.1 Å². The van der Waals surface area contributed by atoms with Crippen LogP contribution in [0.4, 0.5) is 0 Å². The molecule has 2 aromatic carbocycles. The highest BCUT2D eigenvalue weighted by Crippen LogP contribution is 2.19. The molecular formula is C23H19N3O5S. The Morgan fingerprint density at radius 2 is 1.81 bits per heavy atom. The van der Waals surface area contributed by atoms with E-state index in [1.165, 1.54) is 6.08 Å². The van der Waals surface area contributed by atoms with Gasteiger partial charge in [-0.05, 0) is 48.0 Å². The second-order valence-corrected chi connectivity index (χ2v) is 8.59. The minimum absolute atomic E-state index is 0.242. The summed E-state index contributed by atoms with van der Waals surface area (Å²) in [6.45, 7) is 0.344. The van der Waals surface area contributed by atoms with Gasteiger partial charge in [0, 0.05) is 17.7 Å². The Morgan fingerprint density at radius 1 is 1.03 bits per heavy atom. The first-order valence-corrected chi connectivity index (χ1v) is 11.3. The molecule has 162 valence electrons. The van der Waals surface area contributed by atoms with E-state index in [0.717, 1.165) is 11.8 Å². The first-order chi connectivity index (χ1) is 15.5. The average molecular weight is 449 g/mol. The average Bonchev–Trinajstić information content (AvgIpc) is 3.19. The van der Waals surface area contributed by atoms with E-state index in [-0.39, 0.29) is 5.69 Å². The number of sulfonamides is 1. The van der Waals surface area contributed by atoms with Gasteiger partial charge < -0.3 is 9.26 Å². The lowest BCUT2D eigenvalue weighted by Gasteiger charge is -2.06. The number of pyridine rings is 1. The number of nitrogens with one attached hydrogen (secondary N) is 1. The van der Waals surface area contributed by atoms with Crippen molar-refractivity contribution in [3.05, 3.63) is 96.0 Å². The molecule has 8 nitrogen and oxygen atoms in total. The number of hydrogen-bond donors (Lipinski definition) is 1. The first kappa shape index (κ1) is 21.3. The highest BCUT2D eigenvalue weighted by atomic mass is 32.2. The highest BCUT2D eigenvalue weighted by Gasteiger charge is 2.18. The number of rotatable bonds is 8. The predicted octanol–water partition coefficient (Wildman–Crippen LogP) is 3.46. The molecule has 0 saturated carbocycles. The lowest BCUT2D eigenvalue weighted by atomic mass is 10.2. The number of carbonyl (C=O) groups is 1. The SMILES string of the molecule is O=C(/C=C/c1ccc(OCc2ccccn2)cc1)NS(=O)(=O)Cc1noc2ccccc12. The summed E-state index contributed by atoms with van der Waals surface area (Å²) in [5.41, 5.74) is 2.25. The third-order valence-corrected chi connectivity index (χ3v) is 5.62. The molecule has 0 radical (unpaired) electrons. The summed E-state index contributed by atoms with van der Waals surface area (Å²) in [7, 11) is -3.94. The summed E-state index contributed by atoms with van der Waals surface area (Å²) in [5.74, 6) is -0.570. The predicted molar refractivity (Wildman–Crippen MR) is 119 cm³/mol. The first-order valence-electron chi connectivity index (χ1n) is 9.67. The summed E-state index contributed by atoms with van der Waals surface area (Å²) in [6.07, 6.45) is 4.37. The van der Waals surface area contributed by atoms with Gasteiger partial charge in [0.05, 0.1) is 5.69 Å². The molecule has 0 aliphatic carbocycles. The Balaban J connectivity index is 1.32. The minimum atomic E-state index is -3.94. The standard InChI is InChI=1S/C23H19N3O5S/c27-23(26-32(28,29)16-21-20-6-1-2-7-22(20)31-25-21)13-10-17-8-11-19(12-9-17)30-15-18-5-3-4-14-24-18/h1-14H,15-16H2,(H,26,27)/b13-10+. The van der Waals surface area contributed by atoms with Crippen LogP contribution in [0.15, 0.2) is 83.5 Å². The number of fused-ring (bicyclic) bond motifs is 1. The Kier molecular flexibility index (Phi) is 6.27. The maximum Gasteiger partial charge on any atom is 0.257 e. The smallest absolute Gasteiger partial charge is 0.257 e. The van der Waals surface area contributed by atoms with E-state index in [0.29, 0.717) is 28.9 Å². The number of carbonyl (C=O) groups excluding carboxylic acids is 1. The van der Waals surface area contributed by atoms with Crippen LogP contribution < -0.4 is 9.46 Å². The Morgan fingerprint density at radius 3 is 2.59 bits per heavy atom. The van der Waals surface area contributed by atoms with Gasteiger partial charge in [0.2, 0.25) is 10.0 Å². The third-order valence-electron chi connectivity index (χ3n) is 4.46. The molecule has 9 heteroatoms. The zero-order valence-corrected chi connectivity index (χ0v) is 17.7. The van der Waals surface area contributed by atoms with Crippen molar-refractivity contribution in [1.82, 2.24) is 14.9 Å². The molecule has 0 bridgehead atoms. The van der Waals surface area contributed by atoms with Gasteiger partial charge in [-0.15, -0.1) is 0 Å². The largest absolute Gasteiger partial charge is 0.487 e. The number of aromatic nitrogens is 2. The molecule has 4 aromatic rings. The molecule has 2 heterocycles. The normalized spacial score (nSPS) is 11.6.